The largest absolute Gasteiger partial charge is 0.496 e. The molecule has 0 aromatic heterocycles. The summed E-state index contributed by atoms with van der Waals surface area (Å²) in [5.74, 6) is 0.268. The summed E-state index contributed by atoms with van der Waals surface area (Å²) in [5.41, 5.74) is 0.162. The molecule has 0 radical (unpaired) electrons. The number of carbonyl (C=O) groups is 1. The first kappa shape index (κ1) is 20.3. The van der Waals surface area contributed by atoms with Crippen molar-refractivity contribution >= 4 is 17.7 Å². The van der Waals surface area contributed by atoms with E-state index in [1.807, 2.05) is 6.92 Å². The lowest BCUT2D eigenvalue weighted by Crippen LogP contribution is -2.14. The van der Waals surface area contributed by atoms with Gasteiger partial charge in [-0.1, -0.05) is 6.07 Å². The van der Waals surface area contributed by atoms with Gasteiger partial charge in [-0.25, -0.2) is 0 Å². The van der Waals surface area contributed by atoms with Crippen molar-refractivity contribution in [3.63, 3.8) is 0 Å². The third kappa shape index (κ3) is 4.51. The lowest BCUT2D eigenvalue weighted by Gasteiger charge is -2.10. The molecule has 150 valence electrons. The average Bonchev–Trinajstić information content (AvgIpc) is 3.03. The first-order chi connectivity index (χ1) is 13.7. The van der Waals surface area contributed by atoms with E-state index in [0.717, 1.165) is 24.1 Å². The summed E-state index contributed by atoms with van der Waals surface area (Å²) in [6.07, 6.45) is -2.50. The maximum absolute atomic E-state index is 12.8. The van der Waals surface area contributed by atoms with Gasteiger partial charge in [0.15, 0.2) is 0 Å². The predicted octanol–water partition coefficient (Wildman–Crippen LogP) is 4.58. The molecule has 0 saturated carbocycles. The maximum Gasteiger partial charge on any atom is 0.416 e. The molecule has 0 bridgehead atoms. The Labute approximate surface area is 165 Å². The number of hydrogen-bond donors (Lipinski definition) is 1. The molecule has 1 unspecified atom stereocenters. The summed E-state index contributed by atoms with van der Waals surface area (Å²) < 4.78 is 49.5. The molecule has 0 saturated heterocycles. The van der Waals surface area contributed by atoms with Gasteiger partial charge in [-0.15, -0.1) is 0 Å². The zero-order valence-electron chi connectivity index (χ0n) is 15.6. The summed E-state index contributed by atoms with van der Waals surface area (Å²) in [4.78, 5) is 12.4. The monoisotopic (exact) mass is 402 g/mol. The number of hydrogen-bond acceptors (Lipinski definition) is 4. The molecule has 1 aliphatic heterocycles. The molecule has 0 aliphatic carbocycles. The van der Waals surface area contributed by atoms with Crippen LogP contribution in [0, 0.1) is 11.3 Å². The second-order valence-electron chi connectivity index (χ2n) is 6.54. The van der Waals surface area contributed by atoms with Crippen molar-refractivity contribution in [3.8, 4) is 17.6 Å². The molecule has 1 N–H and O–H groups in total. The smallest absolute Gasteiger partial charge is 0.416 e. The van der Waals surface area contributed by atoms with Gasteiger partial charge in [0.1, 0.15) is 29.2 Å². The molecule has 5 nitrogen and oxygen atoms in total. The maximum atomic E-state index is 12.8. The van der Waals surface area contributed by atoms with Crippen molar-refractivity contribution < 1.29 is 27.4 Å². The lowest BCUT2D eigenvalue weighted by atomic mass is 10.0. The van der Waals surface area contributed by atoms with Crippen LogP contribution in [-0.4, -0.2) is 19.1 Å². The molecule has 8 heteroatoms. The van der Waals surface area contributed by atoms with Gasteiger partial charge in [0.2, 0.25) is 0 Å². The van der Waals surface area contributed by atoms with Gasteiger partial charge in [0.25, 0.3) is 5.91 Å². The number of nitrogens with one attached hydrogen (secondary N) is 1. The number of ether oxygens (including phenoxy) is 2. The highest BCUT2D eigenvalue weighted by Crippen LogP contribution is 2.36. The van der Waals surface area contributed by atoms with E-state index in [2.05, 4.69) is 5.32 Å². The minimum Gasteiger partial charge on any atom is -0.496 e. The van der Waals surface area contributed by atoms with Gasteiger partial charge >= 0.3 is 6.18 Å². The van der Waals surface area contributed by atoms with E-state index in [4.69, 9.17) is 9.47 Å². The number of alkyl halides is 3. The molecule has 1 atom stereocenters. The number of benzene rings is 2. The Kier molecular flexibility index (Phi) is 5.50. The summed E-state index contributed by atoms with van der Waals surface area (Å²) in [5, 5.41) is 11.7. The van der Waals surface area contributed by atoms with Gasteiger partial charge in [0.05, 0.1) is 12.7 Å². The van der Waals surface area contributed by atoms with E-state index >= 15 is 0 Å². The van der Waals surface area contributed by atoms with E-state index in [1.165, 1.54) is 25.3 Å². The summed E-state index contributed by atoms with van der Waals surface area (Å²) in [6.45, 7) is 1.92. The molecule has 0 spiro atoms. The van der Waals surface area contributed by atoms with Crippen LogP contribution in [0.15, 0.2) is 42.0 Å². The molecule has 0 fully saturated rings. The van der Waals surface area contributed by atoms with Crippen LogP contribution in [0.1, 0.15) is 23.6 Å². The van der Waals surface area contributed by atoms with E-state index in [-0.39, 0.29) is 17.4 Å². The minimum atomic E-state index is -4.54. The van der Waals surface area contributed by atoms with E-state index in [0.29, 0.717) is 17.1 Å². The fraction of sp³-hybridized carbons (Fsp3) is 0.238. The molecular weight excluding hydrogens is 385 g/mol. The highest BCUT2D eigenvalue weighted by Gasteiger charge is 2.30. The highest BCUT2D eigenvalue weighted by atomic mass is 19.4. The van der Waals surface area contributed by atoms with Gasteiger partial charge in [-0.2, -0.15) is 18.4 Å². The van der Waals surface area contributed by atoms with Crippen LogP contribution < -0.4 is 14.8 Å². The van der Waals surface area contributed by atoms with Crippen LogP contribution in [-0.2, 0) is 17.4 Å². The summed E-state index contributed by atoms with van der Waals surface area (Å²) in [6, 6.07) is 9.42. The third-order valence-corrected chi connectivity index (χ3v) is 4.36. The Bertz CT molecular complexity index is 1020. The Morgan fingerprint density at radius 3 is 2.76 bits per heavy atom. The van der Waals surface area contributed by atoms with Crippen molar-refractivity contribution in [2.45, 2.75) is 25.6 Å². The first-order valence-corrected chi connectivity index (χ1v) is 8.69. The number of methoxy groups -OCH3 is 1. The van der Waals surface area contributed by atoms with Crippen molar-refractivity contribution in [2.75, 3.05) is 12.4 Å². The molecule has 1 amide bonds. The summed E-state index contributed by atoms with van der Waals surface area (Å²) >= 11 is 0. The zero-order valence-corrected chi connectivity index (χ0v) is 15.6. The topological polar surface area (TPSA) is 71.3 Å². The molecule has 1 aliphatic rings. The molecular formula is C21H17F3N2O3. The highest BCUT2D eigenvalue weighted by molar-refractivity contribution is 6.09. The molecule has 29 heavy (non-hydrogen) atoms. The van der Waals surface area contributed by atoms with Gasteiger partial charge < -0.3 is 14.8 Å². The normalized spacial score (nSPS) is 15.9. The van der Waals surface area contributed by atoms with Crippen molar-refractivity contribution in [1.29, 1.82) is 5.26 Å². The van der Waals surface area contributed by atoms with Crippen molar-refractivity contribution in [2.24, 2.45) is 0 Å². The van der Waals surface area contributed by atoms with Gasteiger partial charge in [-0.3, -0.25) is 4.79 Å². The van der Waals surface area contributed by atoms with E-state index in [9.17, 15) is 23.2 Å². The van der Waals surface area contributed by atoms with Crippen LogP contribution in [0.25, 0.3) is 6.08 Å². The number of fused-ring (bicyclic) bond motifs is 1. The lowest BCUT2D eigenvalue weighted by molar-refractivity contribution is -0.137. The van der Waals surface area contributed by atoms with E-state index < -0.39 is 17.6 Å². The minimum absolute atomic E-state index is 0.00795. The number of amides is 1. The second-order valence-corrected chi connectivity index (χ2v) is 6.54. The van der Waals surface area contributed by atoms with Crippen molar-refractivity contribution in [3.05, 3.63) is 58.7 Å². The van der Waals surface area contributed by atoms with Gasteiger partial charge in [-0.05, 0) is 43.3 Å². The Hall–Kier alpha value is -3.47. The van der Waals surface area contributed by atoms with Crippen LogP contribution >= 0.6 is 0 Å². The number of rotatable bonds is 4. The Balaban J connectivity index is 1.89. The first-order valence-electron chi connectivity index (χ1n) is 8.69. The number of halogens is 3. The molecule has 2 aromatic carbocycles. The van der Waals surface area contributed by atoms with Crippen LogP contribution in [0.3, 0.4) is 0 Å². The Morgan fingerprint density at radius 1 is 1.34 bits per heavy atom. The van der Waals surface area contributed by atoms with Gasteiger partial charge in [0, 0.05) is 23.2 Å². The van der Waals surface area contributed by atoms with Crippen LogP contribution in [0.5, 0.6) is 11.5 Å². The molecule has 1 heterocycles. The van der Waals surface area contributed by atoms with Crippen LogP contribution in [0.4, 0.5) is 18.9 Å². The standard InChI is InChI=1S/C21H17F3N2O3/c1-12-6-13-8-18(28-2)14(9-19(13)29-12)7-15(11-25)20(27)26-17-5-3-4-16(10-17)21(22,23)24/h3-5,7-10,12H,6H2,1-2H3,(H,26,27)/b15-7+. The number of nitrogens with zero attached hydrogens (tertiary/aromatic N) is 1. The van der Waals surface area contributed by atoms with Crippen LogP contribution in [0.2, 0.25) is 0 Å². The summed E-state index contributed by atoms with van der Waals surface area (Å²) in [7, 11) is 1.47. The van der Waals surface area contributed by atoms with E-state index in [1.54, 1.807) is 18.2 Å². The zero-order chi connectivity index (χ0) is 21.2. The molecule has 3 rings (SSSR count). The quantitative estimate of drug-likeness (QED) is 0.600. The number of nitriles is 1. The number of carbonyl (C=O) groups excluding carboxylic acids is 1. The van der Waals surface area contributed by atoms with Crippen molar-refractivity contribution in [1.82, 2.24) is 0 Å². The average molecular weight is 402 g/mol. The third-order valence-electron chi connectivity index (χ3n) is 4.36. The second kappa shape index (κ2) is 7.87. The number of anilines is 1. The SMILES string of the molecule is COc1cc2c(cc1/C=C(\C#N)C(=O)Nc1cccc(C(F)(F)F)c1)OC(C)C2. The fourth-order valence-corrected chi connectivity index (χ4v) is 3.02. The molecule has 2 aromatic rings. The fourth-order valence-electron chi connectivity index (χ4n) is 3.02. The predicted molar refractivity (Wildman–Crippen MR) is 100 cm³/mol. The Morgan fingerprint density at radius 2 is 2.10 bits per heavy atom.